The lowest BCUT2D eigenvalue weighted by Crippen LogP contribution is -2.40. The third-order valence-electron chi connectivity index (χ3n) is 2.68. The molecule has 1 heterocycles. The summed E-state index contributed by atoms with van der Waals surface area (Å²) in [6, 6.07) is 0.226. The predicted octanol–water partition coefficient (Wildman–Crippen LogP) is 1.56. The van der Waals surface area contributed by atoms with Crippen LogP contribution >= 0.6 is 0 Å². The van der Waals surface area contributed by atoms with E-state index in [1.807, 2.05) is 7.05 Å². The van der Waals surface area contributed by atoms with E-state index in [9.17, 15) is 10.1 Å². The fourth-order valence-corrected chi connectivity index (χ4v) is 1.57. The van der Waals surface area contributed by atoms with Gasteiger partial charge in [-0.05, 0) is 12.5 Å². The van der Waals surface area contributed by atoms with E-state index in [-0.39, 0.29) is 17.1 Å². The molecule has 6 heteroatoms. The van der Waals surface area contributed by atoms with Gasteiger partial charge in [0.2, 0.25) is 0 Å². The van der Waals surface area contributed by atoms with Crippen LogP contribution in [0.3, 0.4) is 0 Å². The Kier molecular flexibility index (Phi) is 4.11. The van der Waals surface area contributed by atoms with Crippen molar-refractivity contribution in [3.05, 3.63) is 28.3 Å². The second-order valence-electron chi connectivity index (χ2n) is 5.03. The molecule has 0 saturated heterocycles. The molecule has 6 nitrogen and oxygen atoms in total. The van der Waals surface area contributed by atoms with Crippen LogP contribution in [0, 0.1) is 15.5 Å². The topological polar surface area (TPSA) is 81.0 Å². The summed E-state index contributed by atoms with van der Waals surface area (Å²) in [4.78, 5) is 18.0. The maximum absolute atomic E-state index is 10.5. The number of aromatic nitrogens is 2. The minimum Gasteiger partial charge on any atom is -0.316 e. The van der Waals surface area contributed by atoms with E-state index in [1.54, 1.807) is 0 Å². The molecule has 0 spiro atoms. The number of hydrogen-bond acceptors (Lipinski definition) is 5. The van der Waals surface area contributed by atoms with Gasteiger partial charge in [-0.2, -0.15) is 0 Å². The average molecular weight is 238 g/mol. The zero-order valence-electron chi connectivity index (χ0n) is 10.6. The molecule has 0 fully saturated rings. The Morgan fingerprint density at radius 3 is 2.29 bits per heavy atom. The van der Waals surface area contributed by atoms with Gasteiger partial charge < -0.3 is 5.32 Å². The zero-order valence-corrected chi connectivity index (χ0v) is 10.6. The van der Waals surface area contributed by atoms with Gasteiger partial charge in [0.05, 0.1) is 4.92 Å². The summed E-state index contributed by atoms with van der Waals surface area (Å²) in [6.45, 7) is 6.37. The molecule has 1 unspecified atom stereocenters. The van der Waals surface area contributed by atoms with Crippen molar-refractivity contribution in [2.45, 2.75) is 33.2 Å². The highest BCUT2D eigenvalue weighted by molar-refractivity contribution is 5.20. The average Bonchev–Trinajstić information content (AvgIpc) is 2.24. The minimum atomic E-state index is -0.497. The number of nitrogens with zero attached hydrogens (tertiary/aromatic N) is 3. The SMILES string of the molecule is CNC(Cc1ncc([N+](=O)[O-])cn1)C(C)(C)C. The van der Waals surface area contributed by atoms with Crippen LogP contribution < -0.4 is 5.32 Å². The summed E-state index contributed by atoms with van der Waals surface area (Å²) in [7, 11) is 1.89. The number of likely N-dealkylation sites (N-methyl/N-ethyl adjacent to an activating group) is 1. The standard InChI is InChI=1S/C11H18N4O2/c1-11(2,3)9(12-4)5-10-13-6-8(7-14-10)15(16)17/h6-7,9,12H,5H2,1-4H3. The van der Waals surface area contributed by atoms with E-state index in [1.165, 1.54) is 12.4 Å². The van der Waals surface area contributed by atoms with Gasteiger partial charge in [0.15, 0.2) is 0 Å². The molecule has 94 valence electrons. The predicted molar refractivity (Wildman–Crippen MR) is 64.7 cm³/mol. The molecule has 1 N–H and O–H groups in total. The molecule has 1 aromatic heterocycles. The van der Waals surface area contributed by atoms with E-state index in [0.717, 1.165) is 0 Å². The third kappa shape index (κ3) is 3.74. The van der Waals surface area contributed by atoms with Crippen LogP contribution in [0.15, 0.2) is 12.4 Å². The lowest BCUT2D eigenvalue weighted by molar-refractivity contribution is -0.385. The maximum atomic E-state index is 10.5. The van der Waals surface area contributed by atoms with Crippen molar-refractivity contribution >= 4 is 5.69 Å². The summed E-state index contributed by atoms with van der Waals surface area (Å²) in [5, 5.41) is 13.7. The summed E-state index contributed by atoms with van der Waals surface area (Å²) < 4.78 is 0. The van der Waals surface area contributed by atoms with E-state index in [2.05, 4.69) is 36.1 Å². The van der Waals surface area contributed by atoms with E-state index in [4.69, 9.17) is 0 Å². The largest absolute Gasteiger partial charge is 0.316 e. The fraction of sp³-hybridized carbons (Fsp3) is 0.636. The highest BCUT2D eigenvalue weighted by Crippen LogP contribution is 2.21. The van der Waals surface area contributed by atoms with Crippen molar-refractivity contribution in [1.82, 2.24) is 15.3 Å². The molecule has 17 heavy (non-hydrogen) atoms. The Labute approximate surface area is 101 Å². The number of nitrogens with one attached hydrogen (secondary N) is 1. The molecule has 0 saturated carbocycles. The number of nitro groups is 1. The summed E-state index contributed by atoms with van der Waals surface area (Å²) >= 11 is 0. The van der Waals surface area contributed by atoms with Gasteiger partial charge in [0.25, 0.3) is 0 Å². The van der Waals surface area contributed by atoms with Gasteiger partial charge in [-0.1, -0.05) is 20.8 Å². The van der Waals surface area contributed by atoms with Gasteiger partial charge in [0.1, 0.15) is 18.2 Å². The Bertz CT molecular complexity index is 383. The van der Waals surface area contributed by atoms with E-state index >= 15 is 0 Å². The molecule has 0 bridgehead atoms. The van der Waals surface area contributed by atoms with Crippen molar-refractivity contribution in [3.63, 3.8) is 0 Å². The minimum absolute atomic E-state index is 0.0782. The maximum Gasteiger partial charge on any atom is 0.305 e. The van der Waals surface area contributed by atoms with Crippen molar-refractivity contribution in [2.24, 2.45) is 5.41 Å². The summed E-state index contributed by atoms with van der Waals surface area (Å²) in [5.74, 6) is 0.616. The van der Waals surface area contributed by atoms with Crippen LogP contribution in [0.25, 0.3) is 0 Å². The van der Waals surface area contributed by atoms with Gasteiger partial charge in [-0.25, -0.2) is 9.97 Å². The first-order chi connectivity index (χ1) is 7.84. The van der Waals surface area contributed by atoms with Crippen LogP contribution in [0.2, 0.25) is 0 Å². The van der Waals surface area contributed by atoms with Gasteiger partial charge in [-0.3, -0.25) is 10.1 Å². The van der Waals surface area contributed by atoms with Crippen molar-refractivity contribution in [3.8, 4) is 0 Å². The van der Waals surface area contributed by atoms with Gasteiger partial charge in [-0.15, -0.1) is 0 Å². The van der Waals surface area contributed by atoms with E-state index in [0.29, 0.717) is 12.2 Å². The highest BCUT2D eigenvalue weighted by Gasteiger charge is 2.24. The van der Waals surface area contributed by atoms with Gasteiger partial charge >= 0.3 is 5.69 Å². The van der Waals surface area contributed by atoms with Crippen LogP contribution in [-0.4, -0.2) is 28.0 Å². The second-order valence-corrected chi connectivity index (χ2v) is 5.03. The molecule has 0 aliphatic carbocycles. The Morgan fingerprint density at radius 2 is 1.94 bits per heavy atom. The molecular formula is C11H18N4O2. The molecule has 0 aromatic carbocycles. The van der Waals surface area contributed by atoms with Crippen LogP contribution in [0.4, 0.5) is 5.69 Å². The third-order valence-corrected chi connectivity index (χ3v) is 2.68. The molecule has 0 radical (unpaired) electrons. The quantitative estimate of drug-likeness (QED) is 0.636. The molecule has 0 aliphatic heterocycles. The Hall–Kier alpha value is -1.56. The summed E-state index contributed by atoms with van der Waals surface area (Å²) in [5.41, 5.74) is 0.00499. The molecule has 1 atom stereocenters. The molecule has 0 aliphatic rings. The molecular weight excluding hydrogens is 220 g/mol. The van der Waals surface area contributed by atoms with Crippen molar-refractivity contribution in [2.75, 3.05) is 7.05 Å². The Morgan fingerprint density at radius 1 is 1.41 bits per heavy atom. The first-order valence-corrected chi connectivity index (χ1v) is 5.47. The second kappa shape index (κ2) is 5.18. The first kappa shape index (κ1) is 13.5. The monoisotopic (exact) mass is 238 g/mol. The lowest BCUT2D eigenvalue weighted by Gasteiger charge is -2.29. The van der Waals surface area contributed by atoms with Gasteiger partial charge in [0, 0.05) is 12.5 Å². The summed E-state index contributed by atoms with van der Waals surface area (Å²) in [6.07, 6.45) is 3.15. The van der Waals surface area contributed by atoms with Crippen LogP contribution in [0.5, 0.6) is 0 Å². The van der Waals surface area contributed by atoms with Crippen LogP contribution in [0.1, 0.15) is 26.6 Å². The molecule has 0 amide bonds. The smallest absolute Gasteiger partial charge is 0.305 e. The lowest BCUT2D eigenvalue weighted by atomic mass is 9.85. The first-order valence-electron chi connectivity index (χ1n) is 5.47. The molecule has 1 rings (SSSR count). The van der Waals surface area contributed by atoms with Crippen molar-refractivity contribution in [1.29, 1.82) is 0 Å². The van der Waals surface area contributed by atoms with E-state index < -0.39 is 4.92 Å². The highest BCUT2D eigenvalue weighted by atomic mass is 16.6. The number of rotatable bonds is 4. The number of hydrogen-bond donors (Lipinski definition) is 1. The fourth-order valence-electron chi connectivity index (χ4n) is 1.57. The van der Waals surface area contributed by atoms with Crippen LogP contribution in [-0.2, 0) is 6.42 Å². The molecule has 1 aromatic rings. The Balaban J connectivity index is 2.78. The van der Waals surface area contributed by atoms with Crippen molar-refractivity contribution < 1.29 is 4.92 Å². The zero-order chi connectivity index (χ0) is 13.1. The normalized spacial score (nSPS) is 13.4.